The topological polar surface area (TPSA) is 40.5 Å². The summed E-state index contributed by atoms with van der Waals surface area (Å²) in [6.45, 7) is 0.361. The molecule has 0 saturated heterocycles. The Morgan fingerprint density at radius 1 is 1.52 bits per heavy atom. The number of aliphatic hydroxyl groups is 1. The van der Waals surface area contributed by atoms with Crippen molar-refractivity contribution in [2.75, 3.05) is 13.6 Å². The molecule has 0 aliphatic heterocycles. The molecule has 3 rings (SSSR count). The summed E-state index contributed by atoms with van der Waals surface area (Å²) in [4.78, 5) is 14.0. The smallest absolute Gasteiger partial charge is 0.226 e. The van der Waals surface area contributed by atoms with E-state index in [0.717, 1.165) is 19.3 Å². The summed E-state index contributed by atoms with van der Waals surface area (Å²) >= 11 is 6.05. The summed E-state index contributed by atoms with van der Waals surface area (Å²) in [6, 6.07) is 4.60. The predicted octanol–water partition coefficient (Wildman–Crippen LogP) is 2.96. The fourth-order valence-corrected chi connectivity index (χ4v) is 3.50. The molecule has 2 atom stereocenters. The lowest BCUT2D eigenvalue weighted by molar-refractivity contribution is -0.137. The Morgan fingerprint density at radius 2 is 2.24 bits per heavy atom. The zero-order valence-corrected chi connectivity index (χ0v) is 12.7. The molecule has 21 heavy (non-hydrogen) atoms. The van der Waals surface area contributed by atoms with E-state index in [1.54, 1.807) is 24.1 Å². The van der Waals surface area contributed by atoms with Crippen molar-refractivity contribution in [1.82, 2.24) is 4.90 Å². The minimum absolute atomic E-state index is 0.0281. The number of carbonyl (C=O) groups excluding carboxylic acids is 1. The molecular weight excluding hydrogens is 293 g/mol. The van der Waals surface area contributed by atoms with Crippen molar-refractivity contribution in [2.24, 2.45) is 5.92 Å². The molecule has 1 aromatic carbocycles. The van der Waals surface area contributed by atoms with Crippen LogP contribution in [-0.2, 0) is 4.79 Å². The highest BCUT2D eigenvalue weighted by Gasteiger charge is 2.48. The third kappa shape index (κ3) is 2.79. The number of carbonyl (C=O) groups is 1. The molecule has 1 aromatic rings. The number of halogens is 2. The Labute approximate surface area is 128 Å². The van der Waals surface area contributed by atoms with E-state index in [4.69, 9.17) is 11.6 Å². The normalized spacial score (nSPS) is 26.1. The maximum atomic E-state index is 13.9. The molecule has 0 aromatic heterocycles. The summed E-state index contributed by atoms with van der Waals surface area (Å²) < 4.78 is 13.9. The number of nitrogens with zero attached hydrogens (tertiary/aromatic N) is 1. The molecular formula is C16H19ClFNO2. The quantitative estimate of drug-likeness (QED) is 0.928. The lowest BCUT2D eigenvalue weighted by Gasteiger charge is -2.39. The number of amides is 1. The van der Waals surface area contributed by atoms with Gasteiger partial charge in [0.05, 0.1) is 5.60 Å². The molecule has 2 fully saturated rings. The van der Waals surface area contributed by atoms with Gasteiger partial charge in [0, 0.05) is 36.0 Å². The monoisotopic (exact) mass is 311 g/mol. The lowest BCUT2D eigenvalue weighted by atomic mass is 9.80. The highest BCUT2D eigenvalue weighted by atomic mass is 35.5. The van der Waals surface area contributed by atoms with Crippen LogP contribution in [0.25, 0.3) is 0 Å². The van der Waals surface area contributed by atoms with Crippen LogP contribution < -0.4 is 0 Å². The Morgan fingerprint density at radius 3 is 2.81 bits per heavy atom. The van der Waals surface area contributed by atoms with Crippen LogP contribution in [0.15, 0.2) is 18.2 Å². The fourth-order valence-electron chi connectivity index (χ4n) is 3.20. The van der Waals surface area contributed by atoms with E-state index in [1.807, 2.05) is 0 Å². The first-order chi connectivity index (χ1) is 9.91. The molecule has 3 nitrogen and oxygen atoms in total. The minimum atomic E-state index is -0.718. The number of hydrogen-bond acceptors (Lipinski definition) is 2. The molecule has 0 spiro atoms. The van der Waals surface area contributed by atoms with Crippen molar-refractivity contribution >= 4 is 17.5 Å². The molecule has 2 aliphatic carbocycles. The Balaban J connectivity index is 1.65. The van der Waals surface area contributed by atoms with Gasteiger partial charge in [0.15, 0.2) is 0 Å². The van der Waals surface area contributed by atoms with Crippen molar-refractivity contribution in [3.8, 4) is 0 Å². The van der Waals surface area contributed by atoms with Crippen LogP contribution in [0.4, 0.5) is 4.39 Å². The van der Waals surface area contributed by atoms with Crippen LogP contribution in [0.1, 0.15) is 37.2 Å². The van der Waals surface area contributed by atoms with Crippen LogP contribution in [0, 0.1) is 11.7 Å². The van der Waals surface area contributed by atoms with Crippen molar-refractivity contribution in [3.63, 3.8) is 0 Å². The Hall–Kier alpha value is -1.13. The molecule has 2 saturated carbocycles. The molecule has 5 heteroatoms. The number of hydrogen-bond donors (Lipinski definition) is 1. The second-order valence-corrected chi connectivity index (χ2v) is 6.76. The minimum Gasteiger partial charge on any atom is -0.388 e. The molecule has 1 N–H and O–H groups in total. The van der Waals surface area contributed by atoms with Gasteiger partial charge in [-0.05, 0) is 37.8 Å². The average molecular weight is 312 g/mol. The highest BCUT2D eigenvalue weighted by Crippen LogP contribution is 2.51. The second kappa shape index (κ2) is 5.25. The van der Waals surface area contributed by atoms with Gasteiger partial charge in [0.2, 0.25) is 5.91 Å². The van der Waals surface area contributed by atoms with Gasteiger partial charge in [0.25, 0.3) is 0 Å². The Kier molecular flexibility index (Phi) is 3.70. The first kappa shape index (κ1) is 14.8. The summed E-state index contributed by atoms with van der Waals surface area (Å²) in [5.74, 6) is -0.722. The van der Waals surface area contributed by atoms with Crippen molar-refractivity contribution < 1.29 is 14.3 Å². The zero-order chi connectivity index (χ0) is 15.2. The van der Waals surface area contributed by atoms with Crippen LogP contribution in [-0.4, -0.2) is 35.1 Å². The standard InChI is InChI=1S/C16H19ClFNO2/c1-19(9-16(21)6-3-7-16)15(20)11-8-10(11)14-12(17)4-2-5-13(14)18/h2,4-5,10-11,21H,3,6-9H2,1H3/t10-,11+/m1/s1. The van der Waals surface area contributed by atoms with E-state index in [1.165, 1.54) is 6.07 Å². The van der Waals surface area contributed by atoms with Crippen LogP contribution in [0.2, 0.25) is 5.02 Å². The largest absolute Gasteiger partial charge is 0.388 e. The van der Waals surface area contributed by atoms with Crippen LogP contribution in [0.3, 0.4) is 0 Å². The summed E-state index contributed by atoms with van der Waals surface area (Å²) in [7, 11) is 1.71. The van der Waals surface area contributed by atoms with E-state index in [0.29, 0.717) is 23.6 Å². The maximum absolute atomic E-state index is 13.9. The van der Waals surface area contributed by atoms with Gasteiger partial charge in [-0.15, -0.1) is 0 Å². The third-order valence-electron chi connectivity index (χ3n) is 4.67. The summed E-state index contributed by atoms with van der Waals surface area (Å²) in [5, 5.41) is 10.5. The van der Waals surface area contributed by atoms with Crippen molar-refractivity contribution in [3.05, 3.63) is 34.6 Å². The molecule has 0 bridgehead atoms. The van der Waals surface area contributed by atoms with Gasteiger partial charge in [-0.2, -0.15) is 0 Å². The molecule has 0 heterocycles. The van der Waals surface area contributed by atoms with E-state index in [2.05, 4.69) is 0 Å². The fraction of sp³-hybridized carbons (Fsp3) is 0.562. The van der Waals surface area contributed by atoms with Gasteiger partial charge in [0.1, 0.15) is 5.82 Å². The third-order valence-corrected chi connectivity index (χ3v) is 5.00. The number of rotatable bonds is 4. The predicted molar refractivity (Wildman–Crippen MR) is 78.7 cm³/mol. The lowest BCUT2D eigenvalue weighted by Crippen LogP contribution is -2.48. The molecule has 2 aliphatic rings. The van der Waals surface area contributed by atoms with Crippen molar-refractivity contribution in [2.45, 2.75) is 37.2 Å². The van der Waals surface area contributed by atoms with E-state index in [9.17, 15) is 14.3 Å². The van der Waals surface area contributed by atoms with Crippen LogP contribution in [0.5, 0.6) is 0 Å². The van der Waals surface area contributed by atoms with E-state index < -0.39 is 5.60 Å². The summed E-state index contributed by atoms with van der Waals surface area (Å²) in [5.41, 5.74) is -0.266. The van der Waals surface area contributed by atoms with Crippen LogP contribution >= 0.6 is 11.6 Å². The van der Waals surface area contributed by atoms with Gasteiger partial charge in [-0.3, -0.25) is 4.79 Å². The highest BCUT2D eigenvalue weighted by molar-refractivity contribution is 6.31. The average Bonchev–Trinajstić information content (AvgIpc) is 3.16. The maximum Gasteiger partial charge on any atom is 0.226 e. The van der Waals surface area contributed by atoms with E-state index >= 15 is 0 Å². The molecule has 0 unspecified atom stereocenters. The summed E-state index contributed by atoms with van der Waals surface area (Å²) in [6.07, 6.45) is 3.13. The second-order valence-electron chi connectivity index (χ2n) is 6.36. The Bertz CT molecular complexity index is 553. The zero-order valence-electron chi connectivity index (χ0n) is 12.0. The van der Waals surface area contributed by atoms with Crippen molar-refractivity contribution in [1.29, 1.82) is 0 Å². The first-order valence-electron chi connectivity index (χ1n) is 7.32. The first-order valence-corrected chi connectivity index (χ1v) is 7.70. The van der Waals surface area contributed by atoms with Gasteiger partial charge in [-0.25, -0.2) is 4.39 Å². The van der Waals surface area contributed by atoms with Gasteiger partial charge >= 0.3 is 0 Å². The molecule has 114 valence electrons. The molecule has 0 radical (unpaired) electrons. The number of likely N-dealkylation sites (N-methyl/N-ethyl adjacent to an activating group) is 1. The van der Waals surface area contributed by atoms with Gasteiger partial charge in [-0.1, -0.05) is 17.7 Å². The number of benzene rings is 1. The van der Waals surface area contributed by atoms with E-state index in [-0.39, 0.29) is 23.6 Å². The van der Waals surface area contributed by atoms with Gasteiger partial charge < -0.3 is 10.0 Å². The SMILES string of the molecule is CN(CC1(O)CCC1)C(=O)[C@H]1C[C@H]1c1c(F)cccc1Cl. The molecule has 1 amide bonds.